The van der Waals surface area contributed by atoms with Crippen molar-refractivity contribution in [3.05, 3.63) is 29.8 Å². The number of hydrogen-bond acceptors (Lipinski definition) is 3. The van der Waals surface area contributed by atoms with Gasteiger partial charge in [0.1, 0.15) is 11.8 Å². The number of amides is 1. The average molecular weight is 260 g/mol. The molecule has 1 aromatic rings. The quantitative estimate of drug-likeness (QED) is 0.855. The van der Waals surface area contributed by atoms with Crippen molar-refractivity contribution in [2.75, 3.05) is 7.11 Å². The highest BCUT2D eigenvalue weighted by Crippen LogP contribution is 2.18. The molecule has 1 unspecified atom stereocenters. The summed E-state index contributed by atoms with van der Waals surface area (Å²) in [5, 5.41) is 12.0. The Bertz CT molecular complexity index is 444. The van der Waals surface area contributed by atoms with Crippen LogP contribution in [0.2, 0.25) is 0 Å². The van der Waals surface area contributed by atoms with E-state index in [0.29, 0.717) is 0 Å². The second kappa shape index (κ2) is 7.42. The van der Waals surface area contributed by atoms with Crippen LogP contribution >= 0.6 is 0 Å². The lowest BCUT2D eigenvalue weighted by molar-refractivity contribution is -0.125. The van der Waals surface area contributed by atoms with E-state index in [4.69, 9.17) is 4.74 Å². The van der Waals surface area contributed by atoms with Crippen molar-refractivity contribution in [3.8, 4) is 11.8 Å². The predicted molar refractivity (Wildman–Crippen MR) is 73.6 cm³/mol. The molecule has 102 valence electrons. The van der Waals surface area contributed by atoms with Gasteiger partial charge in [0.2, 0.25) is 5.91 Å². The summed E-state index contributed by atoms with van der Waals surface area (Å²) < 4.78 is 5.07. The first-order chi connectivity index (χ1) is 9.15. The number of hydrogen-bond donors (Lipinski definition) is 1. The second-order valence-corrected chi connectivity index (χ2v) is 4.36. The lowest BCUT2D eigenvalue weighted by Crippen LogP contribution is -2.33. The number of carbonyl (C=O) groups excluding carboxylic acids is 1. The number of rotatable bonds is 6. The monoisotopic (exact) mass is 260 g/mol. The minimum atomic E-state index is -0.612. The zero-order chi connectivity index (χ0) is 14.3. The normalized spacial score (nSPS) is 11.7. The van der Waals surface area contributed by atoms with Gasteiger partial charge in [0, 0.05) is 5.92 Å². The zero-order valence-corrected chi connectivity index (χ0v) is 11.6. The molecule has 0 heterocycles. The number of carbonyl (C=O) groups is 1. The molecule has 0 aromatic heterocycles. The Morgan fingerprint density at radius 2 is 1.89 bits per heavy atom. The minimum Gasteiger partial charge on any atom is -0.497 e. The maximum absolute atomic E-state index is 12.0. The first-order valence-corrected chi connectivity index (χ1v) is 6.50. The molecule has 1 N–H and O–H groups in total. The highest BCUT2D eigenvalue weighted by molar-refractivity contribution is 5.79. The number of ether oxygens (including phenoxy) is 1. The minimum absolute atomic E-state index is 0.0332. The number of nitrogens with zero attached hydrogens (tertiary/aromatic N) is 1. The summed E-state index contributed by atoms with van der Waals surface area (Å²) in [4.78, 5) is 12.0. The number of nitriles is 1. The third kappa shape index (κ3) is 3.99. The maximum atomic E-state index is 12.0. The maximum Gasteiger partial charge on any atom is 0.224 e. The van der Waals surface area contributed by atoms with Crippen LogP contribution in [0.3, 0.4) is 0 Å². The van der Waals surface area contributed by atoms with Crippen molar-refractivity contribution in [2.24, 2.45) is 5.92 Å². The van der Waals surface area contributed by atoms with Crippen LogP contribution < -0.4 is 10.1 Å². The van der Waals surface area contributed by atoms with Crippen LogP contribution in [0, 0.1) is 17.2 Å². The van der Waals surface area contributed by atoms with E-state index in [2.05, 4.69) is 11.4 Å². The van der Waals surface area contributed by atoms with E-state index in [1.54, 1.807) is 31.4 Å². The SMILES string of the molecule is CCC(CC)C(=O)NC(C#N)c1ccc(OC)cc1. The molecule has 0 saturated heterocycles. The van der Waals surface area contributed by atoms with E-state index in [1.807, 2.05) is 13.8 Å². The van der Waals surface area contributed by atoms with Crippen LogP contribution in [0.5, 0.6) is 5.75 Å². The predicted octanol–water partition coefficient (Wildman–Crippen LogP) is 2.81. The van der Waals surface area contributed by atoms with Crippen molar-refractivity contribution in [1.82, 2.24) is 5.32 Å². The molecule has 19 heavy (non-hydrogen) atoms. The average Bonchev–Trinajstić information content (AvgIpc) is 2.46. The van der Waals surface area contributed by atoms with Crippen molar-refractivity contribution in [3.63, 3.8) is 0 Å². The van der Waals surface area contributed by atoms with Crippen LogP contribution in [0.15, 0.2) is 24.3 Å². The zero-order valence-electron chi connectivity index (χ0n) is 11.6. The fourth-order valence-corrected chi connectivity index (χ4v) is 1.91. The third-order valence-electron chi connectivity index (χ3n) is 3.22. The summed E-state index contributed by atoms with van der Waals surface area (Å²) in [6.07, 6.45) is 1.56. The van der Waals surface area contributed by atoms with E-state index < -0.39 is 6.04 Å². The fraction of sp³-hybridized carbons (Fsp3) is 0.467. The Balaban J connectivity index is 2.78. The molecule has 0 spiro atoms. The van der Waals surface area contributed by atoms with Crippen LogP contribution in [0.4, 0.5) is 0 Å². The van der Waals surface area contributed by atoms with E-state index in [1.165, 1.54) is 0 Å². The van der Waals surface area contributed by atoms with Gasteiger partial charge in [0.25, 0.3) is 0 Å². The van der Waals surface area contributed by atoms with Crippen LogP contribution in [0.1, 0.15) is 38.3 Å². The summed E-state index contributed by atoms with van der Waals surface area (Å²) >= 11 is 0. The van der Waals surface area contributed by atoms with Gasteiger partial charge in [-0.1, -0.05) is 26.0 Å². The third-order valence-corrected chi connectivity index (χ3v) is 3.22. The molecule has 1 aromatic carbocycles. The molecule has 0 saturated carbocycles. The number of nitrogens with one attached hydrogen (secondary N) is 1. The van der Waals surface area contributed by atoms with Gasteiger partial charge >= 0.3 is 0 Å². The molecule has 0 aliphatic carbocycles. The Labute approximate surface area is 114 Å². The van der Waals surface area contributed by atoms with Crippen molar-refractivity contribution >= 4 is 5.91 Å². The first kappa shape index (κ1) is 15.0. The summed E-state index contributed by atoms with van der Waals surface area (Å²) in [6.45, 7) is 3.95. The standard InChI is InChI=1S/C15H20N2O2/c1-4-11(5-2)15(18)17-14(10-16)12-6-8-13(19-3)9-7-12/h6-9,11,14H,4-5H2,1-3H3,(H,17,18). The molecule has 1 amide bonds. The van der Waals surface area contributed by atoms with E-state index >= 15 is 0 Å². The fourth-order valence-electron chi connectivity index (χ4n) is 1.91. The van der Waals surface area contributed by atoms with Gasteiger partial charge in [-0.2, -0.15) is 5.26 Å². The molecular weight excluding hydrogens is 240 g/mol. The molecule has 0 bridgehead atoms. The molecule has 0 aliphatic heterocycles. The topological polar surface area (TPSA) is 62.1 Å². The van der Waals surface area contributed by atoms with Crippen molar-refractivity contribution in [2.45, 2.75) is 32.7 Å². The van der Waals surface area contributed by atoms with Crippen molar-refractivity contribution in [1.29, 1.82) is 5.26 Å². The Kier molecular flexibility index (Phi) is 5.87. The van der Waals surface area contributed by atoms with E-state index in [9.17, 15) is 10.1 Å². The molecule has 1 rings (SSSR count). The van der Waals surface area contributed by atoms with Gasteiger partial charge in [-0.3, -0.25) is 4.79 Å². The van der Waals surface area contributed by atoms with Crippen LogP contribution in [0.25, 0.3) is 0 Å². The molecule has 0 radical (unpaired) electrons. The van der Waals surface area contributed by atoms with Crippen molar-refractivity contribution < 1.29 is 9.53 Å². The van der Waals surface area contributed by atoms with E-state index in [-0.39, 0.29) is 11.8 Å². The summed E-state index contributed by atoms with van der Waals surface area (Å²) in [5.74, 6) is 0.633. The largest absolute Gasteiger partial charge is 0.497 e. The number of methoxy groups -OCH3 is 1. The van der Waals surface area contributed by atoms with Gasteiger partial charge in [0.05, 0.1) is 13.2 Å². The Morgan fingerprint density at radius 3 is 2.32 bits per heavy atom. The first-order valence-electron chi connectivity index (χ1n) is 6.50. The highest BCUT2D eigenvalue weighted by Gasteiger charge is 2.19. The number of benzene rings is 1. The molecule has 1 atom stereocenters. The van der Waals surface area contributed by atoms with Gasteiger partial charge < -0.3 is 10.1 Å². The Morgan fingerprint density at radius 1 is 1.32 bits per heavy atom. The lowest BCUT2D eigenvalue weighted by atomic mass is 10.0. The van der Waals surface area contributed by atoms with Gasteiger partial charge in [0.15, 0.2) is 0 Å². The summed E-state index contributed by atoms with van der Waals surface area (Å²) in [7, 11) is 1.59. The molecule has 0 aliphatic rings. The lowest BCUT2D eigenvalue weighted by Gasteiger charge is -2.17. The van der Waals surface area contributed by atoms with Crippen LogP contribution in [-0.2, 0) is 4.79 Å². The van der Waals surface area contributed by atoms with E-state index in [0.717, 1.165) is 24.2 Å². The molecule has 0 fully saturated rings. The highest BCUT2D eigenvalue weighted by atomic mass is 16.5. The molecular formula is C15H20N2O2. The molecule has 4 heteroatoms. The van der Waals surface area contributed by atoms with Gasteiger partial charge in [-0.25, -0.2) is 0 Å². The van der Waals surface area contributed by atoms with Crippen LogP contribution in [-0.4, -0.2) is 13.0 Å². The Hall–Kier alpha value is -2.02. The van der Waals surface area contributed by atoms with Gasteiger partial charge in [-0.15, -0.1) is 0 Å². The molecule has 4 nitrogen and oxygen atoms in total. The second-order valence-electron chi connectivity index (χ2n) is 4.36. The summed E-state index contributed by atoms with van der Waals surface area (Å²) in [5.41, 5.74) is 0.766. The smallest absolute Gasteiger partial charge is 0.224 e. The van der Waals surface area contributed by atoms with Gasteiger partial charge in [-0.05, 0) is 30.5 Å². The summed E-state index contributed by atoms with van der Waals surface area (Å²) in [6, 6.07) is 8.65.